The molecular formula is C10H6N2O6. The lowest BCUT2D eigenvalue weighted by Gasteiger charge is -2.03. The van der Waals surface area contributed by atoms with Gasteiger partial charge in [0.15, 0.2) is 5.56 Å². The number of nitrogens with zero attached hydrogens (tertiary/aromatic N) is 1. The van der Waals surface area contributed by atoms with Crippen molar-refractivity contribution in [1.29, 1.82) is 0 Å². The van der Waals surface area contributed by atoms with E-state index >= 15 is 0 Å². The fourth-order valence-electron chi connectivity index (χ4n) is 1.58. The number of hydrogen-bond donors (Lipinski definition) is 3. The summed E-state index contributed by atoms with van der Waals surface area (Å²) in [7, 11) is 0. The SMILES string of the molecule is O=C(O)c1c(O)c2ccc([N+](=O)[O-])cc2[nH]c1=O. The molecule has 92 valence electrons. The Bertz CT molecular complexity index is 733. The molecule has 0 aliphatic carbocycles. The molecule has 0 fully saturated rings. The Morgan fingerprint density at radius 2 is 2.06 bits per heavy atom. The van der Waals surface area contributed by atoms with E-state index in [0.717, 1.165) is 12.1 Å². The number of aromatic nitrogens is 1. The Kier molecular flexibility index (Phi) is 2.47. The maximum Gasteiger partial charge on any atom is 0.345 e. The maximum absolute atomic E-state index is 11.4. The molecule has 0 atom stereocenters. The van der Waals surface area contributed by atoms with Crippen molar-refractivity contribution in [2.45, 2.75) is 0 Å². The molecule has 8 nitrogen and oxygen atoms in total. The number of fused-ring (bicyclic) bond motifs is 1. The highest BCUT2D eigenvalue weighted by Gasteiger charge is 2.19. The van der Waals surface area contributed by atoms with Gasteiger partial charge in [0, 0.05) is 17.5 Å². The van der Waals surface area contributed by atoms with Crippen molar-refractivity contribution >= 4 is 22.6 Å². The zero-order valence-electron chi connectivity index (χ0n) is 8.71. The molecule has 0 radical (unpaired) electrons. The van der Waals surface area contributed by atoms with E-state index in [1.165, 1.54) is 6.07 Å². The van der Waals surface area contributed by atoms with Crippen LogP contribution in [0.3, 0.4) is 0 Å². The number of benzene rings is 1. The molecule has 0 amide bonds. The van der Waals surface area contributed by atoms with E-state index in [1.54, 1.807) is 0 Å². The fourth-order valence-corrected chi connectivity index (χ4v) is 1.58. The molecule has 1 heterocycles. The molecule has 3 N–H and O–H groups in total. The zero-order valence-corrected chi connectivity index (χ0v) is 8.71. The maximum atomic E-state index is 11.4. The highest BCUT2D eigenvalue weighted by Crippen LogP contribution is 2.27. The van der Waals surface area contributed by atoms with Crippen LogP contribution in [-0.2, 0) is 0 Å². The first-order valence-electron chi connectivity index (χ1n) is 4.68. The number of nitro benzene ring substituents is 1. The molecule has 0 saturated carbocycles. The number of carbonyl (C=O) groups is 1. The number of nitro groups is 1. The van der Waals surface area contributed by atoms with Gasteiger partial charge in [0.05, 0.1) is 10.4 Å². The topological polar surface area (TPSA) is 134 Å². The first-order chi connectivity index (χ1) is 8.41. The summed E-state index contributed by atoms with van der Waals surface area (Å²) in [4.78, 5) is 34.2. The molecule has 2 aromatic rings. The van der Waals surface area contributed by atoms with Crippen molar-refractivity contribution in [3.05, 3.63) is 44.2 Å². The number of rotatable bonds is 2. The number of nitrogens with one attached hydrogen (secondary N) is 1. The monoisotopic (exact) mass is 250 g/mol. The van der Waals surface area contributed by atoms with E-state index in [9.17, 15) is 24.8 Å². The molecular weight excluding hydrogens is 244 g/mol. The number of hydrogen-bond acceptors (Lipinski definition) is 5. The lowest BCUT2D eigenvalue weighted by Crippen LogP contribution is -2.17. The van der Waals surface area contributed by atoms with Crippen LogP contribution in [0.25, 0.3) is 10.9 Å². The number of aromatic hydroxyl groups is 1. The Balaban J connectivity index is 2.86. The number of non-ortho nitro benzene ring substituents is 1. The minimum atomic E-state index is -1.57. The quantitative estimate of drug-likeness (QED) is 0.534. The first kappa shape index (κ1) is 11.6. The fraction of sp³-hybridized carbons (Fsp3) is 0. The van der Waals surface area contributed by atoms with Gasteiger partial charge < -0.3 is 15.2 Å². The minimum Gasteiger partial charge on any atom is -0.506 e. The molecule has 0 spiro atoms. The predicted octanol–water partition coefficient (Wildman–Crippen LogP) is 0.840. The molecule has 0 aliphatic heterocycles. The summed E-state index contributed by atoms with van der Waals surface area (Å²) >= 11 is 0. The van der Waals surface area contributed by atoms with Gasteiger partial charge in [0.25, 0.3) is 11.2 Å². The molecule has 1 aromatic carbocycles. The predicted molar refractivity (Wildman–Crippen MR) is 59.8 cm³/mol. The summed E-state index contributed by atoms with van der Waals surface area (Å²) in [6.45, 7) is 0. The summed E-state index contributed by atoms with van der Waals surface area (Å²) in [6.07, 6.45) is 0. The van der Waals surface area contributed by atoms with Crippen molar-refractivity contribution in [3.8, 4) is 5.75 Å². The number of aromatic carboxylic acids is 1. The molecule has 8 heteroatoms. The number of carboxylic acids is 1. The van der Waals surface area contributed by atoms with Gasteiger partial charge in [0.2, 0.25) is 0 Å². The van der Waals surface area contributed by atoms with Gasteiger partial charge in [-0.1, -0.05) is 0 Å². The van der Waals surface area contributed by atoms with Crippen LogP contribution in [0.15, 0.2) is 23.0 Å². The lowest BCUT2D eigenvalue weighted by molar-refractivity contribution is -0.384. The smallest absolute Gasteiger partial charge is 0.345 e. The summed E-state index contributed by atoms with van der Waals surface area (Å²) in [5.74, 6) is -2.29. The van der Waals surface area contributed by atoms with Crippen molar-refractivity contribution in [1.82, 2.24) is 4.98 Å². The van der Waals surface area contributed by atoms with Crippen molar-refractivity contribution in [3.63, 3.8) is 0 Å². The van der Waals surface area contributed by atoms with E-state index in [4.69, 9.17) is 5.11 Å². The van der Waals surface area contributed by atoms with Crippen LogP contribution >= 0.6 is 0 Å². The van der Waals surface area contributed by atoms with E-state index < -0.39 is 27.8 Å². The molecule has 1 aromatic heterocycles. The number of aromatic amines is 1. The molecule has 18 heavy (non-hydrogen) atoms. The van der Waals surface area contributed by atoms with Crippen LogP contribution < -0.4 is 5.56 Å². The number of H-pyrrole nitrogens is 1. The molecule has 0 unspecified atom stereocenters. The third kappa shape index (κ3) is 1.65. The summed E-state index contributed by atoms with van der Waals surface area (Å²) in [5, 5.41) is 29.0. The van der Waals surface area contributed by atoms with Crippen LogP contribution in [0, 0.1) is 10.1 Å². The molecule has 0 bridgehead atoms. The number of pyridine rings is 1. The average molecular weight is 250 g/mol. The summed E-state index contributed by atoms with van der Waals surface area (Å²) in [6, 6.07) is 3.32. The average Bonchev–Trinajstić information content (AvgIpc) is 2.27. The van der Waals surface area contributed by atoms with Crippen LogP contribution in [0.5, 0.6) is 5.75 Å². The largest absolute Gasteiger partial charge is 0.506 e. The first-order valence-corrected chi connectivity index (χ1v) is 4.68. The third-order valence-corrected chi connectivity index (χ3v) is 2.40. The Morgan fingerprint density at radius 1 is 1.39 bits per heavy atom. The molecule has 2 rings (SSSR count). The van der Waals surface area contributed by atoms with E-state index in [1.807, 2.05) is 0 Å². The van der Waals surface area contributed by atoms with Crippen LogP contribution in [0.2, 0.25) is 0 Å². The molecule has 0 aliphatic rings. The van der Waals surface area contributed by atoms with Crippen molar-refractivity contribution < 1.29 is 19.9 Å². The van der Waals surface area contributed by atoms with Crippen molar-refractivity contribution in [2.24, 2.45) is 0 Å². The Labute approximate surface area is 98.3 Å². The van der Waals surface area contributed by atoms with Crippen LogP contribution in [0.4, 0.5) is 5.69 Å². The Morgan fingerprint density at radius 3 is 2.61 bits per heavy atom. The second kappa shape index (κ2) is 3.84. The number of carboxylic acid groups (broad SMARTS) is 1. The highest BCUT2D eigenvalue weighted by atomic mass is 16.6. The van der Waals surface area contributed by atoms with E-state index in [2.05, 4.69) is 4.98 Å². The van der Waals surface area contributed by atoms with Gasteiger partial charge in [-0.3, -0.25) is 14.9 Å². The van der Waals surface area contributed by atoms with Gasteiger partial charge in [-0.2, -0.15) is 0 Å². The minimum absolute atomic E-state index is 0.00306. The van der Waals surface area contributed by atoms with Gasteiger partial charge in [-0.25, -0.2) is 4.79 Å². The second-order valence-corrected chi connectivity index (χ2v) is 3.47. The summed E-state index contributed by atoms with van der Waals surface area (Å²) < 4.78 is 0. The normalized spacial score (nSPS) is 10.4. The van der Waals surface area contributed by atoms with Crippen molar-refractivity contribution in [2.75, 3.05) is 0 Å². The summed E-state index contributed by atoms with van der Waals surface area (Å²) in [5.41, 5.74) is -2.10. The van der Waals surface area contributed by atoms with Gasteiger partial charge >= 0.3 is 5.97 Å². The van der Waals surface area contributed by atoms with E-state index in [0.29, 0.717) is 0 Å². The second-order valence-electron chi connectivity index (χ2n) is 3.47. The lowest BCUT2D eigenvalue weighted by atomic mass is 10.1. The zero-order chi connectivity index (χ0) is 13.4. The standard InChI is InChI=1S/C10H6N2O6/c13-8-5-2-1-4(12(17)18)3-6(5)11-9(14)7(8)10(15)16/h1-3H,(H,15,16)(H2,11,13,14). The van der Waals surface area contributed by atoms with Crippen LogP contribution in [-0.4, -0.2) is 26.1 Å². The molecule has 0 saturated heterocycles. The van der Waals surface area contributed by atoms with Crippen LogP contribution in [0.1, 0.15) is 10.4 Å². The van der Waals surface area contributed by atoms with Gasteiger partial charge in [-0.15, -0.1) is 0 Å². The highest BCUT2D eigenvalue weighted by molar-refractivity contribution is 5.98. The van der Waals surface area contributed by atoms with E-state index in [-0.39, 0.29) is 16.6 Å². The van der Waals surface area contributed by atoms with Gasteiger partial charge in [0.1, 0.15) is 5.75 Å². The third-order valence-electron chi connectivity index (χ3n) is 2.40. The Hall–Kier alpha value is -2.90. The van der Waals surface area contributed by atoms with Gasteiger partial charge in [-0.05, 0) is 6.07 Å².